The lowest BCUT2D eigenvalue weighted by atomic mass is 11.7. The predicted octanol–water partition coefficient (Wildman–Crippen LogP) is -0.274. The van der Waals surface area contributed by atoms with Crippen LogP contribution >= 0.6 is 0 Å². The van der Waals surface area contributed by atoms with Crippen LogP contribution in [0.2, 0.25) is 0 Å². The molecule has 0 saturated carbocycles. The second-order valence-corrected chi connectivity index (χ2v) is 0.211. The highest BCUT2D eigenvalue weighted by molar-refractivity contribution is 5.32. The smallest absolute Gasteiger partial charge is 0.290 e. The van der Waals surface area contributed by atoms with Gasteiger partial charge in [0.15, 0.2) is 0 Å². The van der Waals surface area contributed by atoms with Gasteiger partial charge < -0.3 is 22.5 Å². The van der Waals surface area contributed by atoms with Crippen LogP contribution < -0.4 is 12.3 Å². The number of hydrogen-bond donors (Lipinski definition) is 4. The summed E-state index contributed by atoms with van der Waals surface area (Å²) in [5.74, 6) is 0. The first-order chi connectivity index (χ1) is 2.83. The molecule has 0 atom stereocenters. The summed E-state index contributed by atoms with van der Waals surface area (Å²) in [6, 6.07) is 0. The van der Waals surface area contributed by atoms with Gasteiger partial charge in [-0.05, 0) is 0 Å². The van der Waals surface area contributed by atoms with Gasteiger partial charge >= 0.3 is 0 Å². The lowest BCUT2D eigenvalue weighted by molar-refractivity contribution is -0.123. The fourth-order valence-electron chi connectivity index (χ4n) is 0. The maximum absolute atomic E-state index is 8.36. The number of rotatable bonds is 0. The molecule has 0 bridgehead atoms. The van der Waals surface area contributed by atoms with Crippen LogP contribution in [0, 0.1) is 0 Å². The third-order valence-corrected chi connectivity index (χ3v) is 0. The summed E-state index contributed by atoms with van der Waals surface area (Å²) in [4.78, 5) is 16.7. The molecule has 0 rings (SSSR count). The van der Waals surface area contributed by atoms with Gasteiger partial charge in [-0.3, -0.25) is 9.59 Å². The molecule has 0 aromatic rings. The zero-order chi connectivity index (χ0) is 5.41. The van der Waals surface area contributed by atoms with Crippen molar-refractivity contribution in [2.75, 3.05) is 0 Å². The van der Waals surface area contributed by atoms with E-state index >= 15 is 0 Å². The van der Waals surface area contributed by atoms with Gasteiger partial charge in [0, 0.05) is 0 Å². The first kappa shape index (κ1) is 28.8. The molecule has 0 spiro atoms. The van der Waals surface area contributed by atoms with Gasteiger partial charge in [0.1, 0.15) is 0 Å². The molecular formula is C2H10N2O4. The highest BCUT2D eigenvalue weighted by Crippen LogP contribution is 0.969. The van der Waals surface area contributed by atoms with Gasteiger partial charge in [0.25, 0.3) is 12.9 Å². The van der Waals surface area contributed by atoms with E-state index < -0.39 is 0 Å². The highest BCUT2D eigenvalue weighted by atomic mass is 16.3. The standard InChI is InChI=1S/2CH2O2.2H3N/c2*2-1-3;;/h2*1H,(H,2,3);2*1H3. The van der Waals surface area contributed by atoms with E-state index in [1.54, 1.807) is 0 Å². The summed E-state index contributed by atoms with van der Waals surface area (Å²) >= 11 is 0. The predicted molar refractivity (Wildman–Crippen MR) is 27.4 cm³/mol. The Morgan fingerprint density at radius 2 is 0.875 bits per heavy atom. The fraction of sp³-hybridized carbons (Fsp3) is 0. The SMILES string of the molecule is N.N.O=CO.O=CO. The highest BCUT2D eigenvalue weighted by Gasteiger charge is 1.22. The molecule has 0 saturated heterocycles. The Kier molecular flexibility index (Phi) is 674. The van der Waals surface area contributed by atoms with Crippen LogP contribution in [-0.4, -0.2) is 23.2 Å². The Labute approximate surface area is 46.3 Å². The summed E-state index contributed by atoms with van der Waals surface area (Å²) in [6.07, 6.45) is 0. The van der Waals surface area contributed by atoms with Crippen LogP contribution in [0.5, 0.6) is 0 Å². The molecule has 8 heavy (non-hydrogen) atoms. The van der Waals surface area contributed by atoms with E-state index in [2.05, 4.69) is 0 Å². The first-order valence-electron chi connectivity index (χ1n) is 0.988. The molecule has 8 N–H and O–H groups in total. The lowest BCUT2D eigenvalue weighted by Crippen LogP contribution is -1.49. The van der Waals surface area contributed by atoms with Crippen LogP contribution in [0.15, 0.2) is 0 Å². The van der Waals surface area contributed by atoms with E-state index in [1.807, 2.05) is 0 Å². The largest absolute Gasteiger partial charge is 0.483 e. The van der Waals surface area contributed by atoms with Crippen molar-refractivity contribution in [3.8, 4) is 0 Å². The van der Waals surface area contributed by atoms with E-state index in [9.17, 15) is 0 Å². The fourth-order valence-corrected chi connectivity index (χ4v) is 0. The zero-order valence-electron chi connectivity index (χ0n) is 4.28. The molecule has 0 radical (unpaired) electrons. The lowest BCUT2D eigenvalue weighted by Gasteiger charge is -1.34. The molecule has 0 aliphatic carbocycles. The Hall–Kier alpha value is -1.14. The molecule has 0 aliphatic heterocycles. The average molecular weight is 126 g/mol. The van der Waals surface area contributed by atoms with Gasteiger partial charge in [-0.25, -0.2) is 0 Å². The minimum absolute atomic E-state index is 0. The molecule has 0 unspecified atom stereocenters. The minimum Gasteiger partial charge on any atom is -0.483 e. The van der Waals surface area contributed by atoms with Crippen molar-refractivity contribution >= 4 is 12.9 Å². The summed E-state index contributed by atoms with van der Waals surface area (Å²) in [6.45, 7) is -0.500. The second kappa shape index (κ2) is 187. The van der Waals surface area contributed by atoms with Crippen molar-refractivity contribution in [1.29, 1.82) is 0 Å². The molecule has 0 amide bonds. The van der Waals surface area contributed by atoms with Crippen LogP contribution in [0.1, 0.15) is 0 Å². The normalized spacial score (nSPS) is 3.00. The summed E-state index contributed by atoms with van der Waals surface area (Å²) in [5.41, 5.74) is 0. The van der Waals surface area contributed by atoms with Crippen molar-refractivity contribution in [2.24, 2.45) is 0 Å². The summed E-state index contributed by atoms with van der Waals surface area (Å²) < 4.78 is 0. The zero-order valence-corrected chi connectivity index (χ0v) is 4.28. The van der Waals surface area contributed by atoms with Crippen molar-refractivity contribution in [3.63, 3.8) is 0 Å². The number of carboxylic acid groups (broad SMARTS) is 2. The van der Waals surface area contributed by atoms with Crippen LogP contribution in [-0.2, 0) is 9.59 Å². The van der Waals surface area contributed by atoms with Crippen LogP contribution in [0.4, 0.5) is 0 Å². The quantitative estimate of drug-likeness (QED) is 0.328. The summed E-state index contributed by atoms with van der Waals surface area (Å²) in [7, 11) is 0. The Bertz CT molecular complexity index is 33.0. The molecule has 6 heteroatoms. The molecule has 6 nitrogen and oxygen atoms in total. The van der Waals surface area contributed by atoms with Crippen molar-refractivity contribution in [1.82, 2.24) is 12.3 Å². The second-order valence-electron chi connectivity index (χ2n) is 0.211. The molecule has 0 fully saturated rings. The van der Waals surface area contributed by atoms with E-state index in [-0.39, 0.29) is 25.2 Å². The monoisotopic (exact) mass is 126 g/mol. The van der Waals surface area contributed by atoms with Crippen molar-refractivity contribution < 1.29 is 19.8 Å². The van der Waals surface area contributed by atoms with Crippen molar-refractivity contribution in [3.05, 3.63) is 0 Å². The summed E-state index contributed by atoms with van der Waals surface area (Å²) in [5, 5.41) is 13.8. The average Bonchev–Trinajstić information content (AvgIpc) is 1.39. The number of carbonyl (C=O) groups is 2. The van der Waals surface area contributed by atoms with E-state index in [0.29, 0.717) is 0 Å². The van der Waals surface area contributed by atoms with Crippen LogP contribution in [0.25, 0.3) is 0 Å². The van der Waals surface area contributed by atoms with Gasteiger partial charge in [-0.1, -0.05) is 0 Å². The van der Waals surface area contributed by atoms with Gasteiger partial charge in [0.05, 0.1) is 0 Å². The number of hydrogen-bond acceptors (Lipinski definition) is 4. The molecule has 52 valence electrons. The van der Waals surface area contributed by atoms with Gasteiger partial charge in [-0.15, -0.1) is 0 Å². The molecule has 0 aliphatic rings. The van der Waals surface area contributed by atoms with E-state index in [1.165, 1.54) is 0 Å². The van der Waals surface area contributed by atoms with Gasteiger partial charge in [0.2, 0.25) is 0 Å². The first-order valence-corrected chi connectivity index (χ1v) is 0.988. The van der Waals surface area contributed by atoms with Crippen LogP contribution in [0.3, 0.4) is 0 Å². The van der Waals surface area contributed by atoms with Gasteiger partial charge in [-0.2, -0.15) is 0 Å². The van der Waals surface area contributed by atoms with E-state index in [0.717, 1.165) is 0 Å². The molecule has 0 aromatic carbocycles. The maximum atomic E-state index is 8.36. The van der Waals surface area contributed by atoms with E-state index in [4.69, 9.17) is 19.8 Å². The Morgan fingerprint density at radius 3 is 0.875 bits per heavy atom. The Morgan fingerprint density at radius 1 is 0.875 bits per heavy atom. The Balaban J connectivity index is -0.0000000160. The maximum Gasteiger partial charge on any atom is 0.290 e. The third-order valence-electron chi connectivity index (χ3n) is 0. The van der Waals surface area contributed by atoms with Crippen molar-refractivity contribution in [2.45, 2.75) is 0 Å². The third kappa shape index (κ3) is 55.7. The molecular weight excluding hydrogens is 116 g/mol. The topological polar surface area (TPSA) is 145 Å². The molecule has 0 heterocycles. The minimum atomic E-state index is -0.250. The molecule has 0 aromatic heterocycles.